The minimum absolute atomic E-state index is 0.544. The van der Waals surface area contributed by atoms with E-state index in [1.54, 1.807) is 11.3 Å². The number of hydrogen-bond acceptors (Lipinski definition) is 4. The summed E-state index contributed by atoms with van der Waals surface area (Å²) in [5, 5.41) is 6.93. The molecule has 0 spiro atoms. The molecule has 1 heterocycles. The smallest absolute Gasteiger partial charge is 0.187 e. The molecule has 1 N–H and O–H groups in total. The highest BCUT2D eigenvalue weighted by atomic mass is 35.5. The first kappa shape index (κ1) is 17.6. The Labute approximate surface area is 167 Å². The number of thiazole rings is 1. The molecule has 0 bridgehead atoms. The first-order chi connectivity index (χ1) is 13.3. The van der Waals surface area contributed by atoms with Crippen molar-refractivity contribution in [3.8, 4) is 17.0 Å². The molecule has 0 fully saturated rings. The second-order valence-corrected chi connectivity index (χ2v) is 7.27. The first-order valence-corrected chi connectivity index (χ1v) is 9.77. The van der Waals surface area contributed by atoms with E-state index in [9.17, 15) is 0 Å². The van der Waals surface area contributed by atoms with Gasteiger partial charge in [0.25, 0.3) is 0 Å². The number of nitrogens with zero attached hydrogens (tertiary/aromatic N) is 1. The highest BCUT2D eigenvalue weighted by Crippen LogP contribution is 2.29. The van der Waals surface area contributed by atoms with E-state index in [-0.39, 0.29) is 0 Å². The lowest BCUT2D eigenvalue weighted by molar-refractivity contribution is 0.306. The Hall–Kier alpha value is -2.82. The SMILES string of the molecule is Clc1ccc(-c2csc(Nc3cccc(OCc4ccccc4)c3)n2)cc1. The quantitative estimate of drug-likeness (QED) is 0.392. The zero-order valence-electron chi connectivity index (χ0n) is 14.4. The van der Waals surface area contributed by atoms with E-state index in [0.29, 0.717) is 6.61 Å². The highest BCUT2D eigenvalue weighted by molar-refractivity contribution is 7.14. The lowest BCUT2D eigenvalue weighted by Gasteiger charge is -2.08. The van der Waals surface area contributed by atoms with Crippen LogP contribution in [0.15, 0.2) is 84.2 Å². The molecule has 0 saturated carbocycles. The normalized spacial score (nSPS) is 10.6. The summed E-state index contributed by atoms with van der Waals surface area (Å²) in [6.45, 7) is 0.544. The van der Waals surface area contributed by atoms with Crippen molar-refractivity contribution in [2.45, 2.75) is 6.61 Å². The number of anilines is 2. The fraction of sp³-hybridized carbons (Fsp3) is 0.0455. The van der Waals surface area contributed by atoms with Crippen molar-refractivity contribution in [3.05, 3.63) is 94.8 Å². The topological polar surface area (TPSA) is 34.1 Å². The largest absolute Gasteiger partial charge is 0.489 e. The lowest BCUT2D eigenvalue weighted by atomic mass is 10.2. The van der Waals surface area contributed by atoms with Crippen LogP contribution in [0.25, 0.3) is 11.3 Å². The van der Waals surface area contributed by atoms with Crippen molar-refractivity contribution in [1.82, 2.24) is 4.98 Å². The maximum absolute atomic E-state index is 5.95. The second kappa shape index (κ2) is 8.25. The van der Waals surface area contributed by atoms with E-state index >= 15 is 0 Å². The van der Waals surface area contributed by atoms with E-state index in [4.69, 9.17) is 16.3 Å². The zero-order chi connectivity index (χ0) is 18.5. The standard InChI is InChI=1S/C22H17ClN2OS/c23-18-11-9-17(10-12-18)21-15-27-22(25-21)24-19-7-4-8-20(13-19)26-14-16-5-2-1-3-6-16/h1-13,15H,14H2,(H,24,25). The Kier molecular flexibility index (Phi) is 5.37. The van der Waals surface area contributed by atoms with Crippen LogP contribution in [0.3, 0.4) is 0 Å². The van der Waals surface area contributed by atoms with Crippen LogP contribution in [0.5, 0.6) is 5.75 Å². The molecule has 0 aliphatic heterocycles. The molecule has 0 radical (unpaired) electrons. The number of ether oxygens (including phenoxy) is 1. The Balaban J connectivity index is 1.43. The Morgan fingerprint density at radius 2 is 1.74 bits per heavy atom. The van der Waals surface area contributed by atoms with Crippen molar-refractivity contribution in [2.24, 2.45) is 0 Å². The summed E-state index contributed by atoms with van der Waals surface area (Å²) in [4.78, 5) is 4.65. The van der Waals surface area contributed by atoms with Gasteiger partial charge in [-0.05, 0) is 29.8 Å². The minimum atomic E-state index is 0.544. The zero-order valence-corrected chi connectivity index (χ0v) is 16.0. The number of nitrogens with one attached hydrogen (secondary N) is 1. The maximum Gasteiger partial charge on any atom is 0.187 e. The molecule has 3 aromatic carbocycles. The third kappa shape index (κ3) is 4.67. The second-order valence-electron chi connectivity index (χ2n) is 5.97. The molecule has 0 aliphatic rings. The van der Waals surface area contributed by atoms with Gasteiger partial charge >= 0.3 is 0 Å². The number of benzene rings is 3. The van der Waals surface area contributed by atoms with Crippen LogP contribution in [0.2, 0.25) is 5.02 Å². The molecule has 134 valence electrons. The van der Waals surface area contributed by atoms with Gasteiger partial charge in [-0.1, -0.05) is 60.1 Å². The van der Waals surface area contributed by atoms with Crippen molar-refractivity contribution in [1.29, 1.82) is 0 Å². The van der Waals surface area contributed by atoms with Crippen LogP contribution in [-0.4, -0.2) is 4.98 Å². The summed E-state index contributed by atoms with van der Waals surface area (Å²) in [5.41, 5.74) is 4.06. The third-order valence-corrected chi connectivity index (χ3v) is 4.99. The maximum atomic E-state index is 5.95. The van der Waals surface area contributed by atoms with Gasteiger partial charge in [0.05, 0.1) is 5.69 Å². The average Bonchev–Trinajstić information content (AvgIpc) is 3.16. The van der Waals surface area contributed by atoms with Crippen molar-refractivity contribution >= 4 is 33.8 Å². The summed E-state index contributed by atoms with van der Waals surface area (Å²) >= 11 is 7.51. The van der Waals surface area contributed by atoms with E-state index in [1.807, 2.05) is 72.1 Å². The molecule has 0 saturated heterocycles. The van der Waals surface area contributed by atoms with Gasteiger partial charge in [-0.2, -0.15) is 0 Å². The molecule has 0 atom stereocenters. The van der Waals surface area contributed by atoms with Crippen LogP contribution >= 0.6 is 22.9 Å². The number of hydrogen-bond donors (Lipinski definition) is 1. The molecule has 27 heavy (non-hydrogen) atoms. The summed E-state index contributed by atoms with van der Waals surface area (Å²) in [5.74, 6) is 0.818. The van der Waals surface area contributed by atoms with Crippen LogP contribution in [0.4, 0.5) is 10.8 Å². The van der Waals surface area contributed by atoms with Gasteiger partial charge in [0.15, 0.2) is 5.13 Å². The number of halogens is 1. The monoisotopic (exact) mass is 392 g/mol. The van der Waals surface area contributed by atoms with Gasteiger partial charge in [-0.25, -0.2) is 4.98 Å². The summed E-state index contributed by atoms with van der Waals surface area (Å²) < 4.78 is 5.89. The van der Waals surface area contributed by atoms with Crippen molar-refractivity contribution < 1.29 is 4.74 Å². The van der Waals surface area contributed by atoms with E-state index in [1.165, 1.54) is 0 Å². The van der Waals surface area contributed by atoms with Crippen molar-refractivity contribution in [2.75, 3.05) is 5.32 Å². The van der Waals surface area contributed by atoms with Crippen LogP contribution in [-0.2, 0) is 6.61 Å². The fourth-order valence-corrected chi connectivity index (χ4v) is 3.48. The van der Waals surface area contributed by atoms with Gasteiger partial charge < -0.3 is 10.1 Å². The Morgan fingerprint density at radius 3 is 2.56 bits per heavy atom. The Bertz CT molecular complexity index is 1020. The molecule has 5 heteroatoms. The van der Waals surface area contributed by atoms with Gasteiger partial charge in [0, 0.05) is 27.7 Å². The Morgan fingerprint density at radius 1 is 0.926 bits per heavy atom. The van der Waals surface area contributed by atoms with E-state index in [2.05, 4.69) is 22.4 Å². The van der Waals surface area contributed by atoms with Gasteiger partial charge in [-0.3, -0.25) is 0 Å². The molecule has 1 aromatic heterocycles. The molecular formula is C22H17ClN2OS. The lowest BCUT2D eigenvalue weighted by Crippen LogP contribution is -1.96. The predicted molar refractivity (Wildman–Crippen MR) is 113 cm³/mol. The third-order valence-electron chi connectivity index (χ3n) is 3.98. The molecule has 0 unspecified atom stereocenters. The summed E-state index contributed by atoms with van der Waals surface area (Å²) in [7, 11) is 0. The average molecular weight is 393 g/mol. The highest BCUT2D eigenvalue weighted by Gasteiger charge is 2.06. The summed E-state index contributed by atoms with van der Waals surface area (Å²) in [6, 6.07) is 25.7. The molecular weight excluding hydrogens is 376 g/mol. The van der Waals surface area contributed by atoms with E-state index in [0.717, 1.165) is 38.4 Å². The van der Waals surface area contributed by atoms with Gasteiger partial charge in [-0.15, -0.1) is 11.3 Å². The van der Waals surface area contributed by atoms with Crippen LogP contribution in [0.1, 0.15) is 5.56 Å². The van der Waals surface area contributed by atoms with Gasteiger partial charge in [0.2, 0.25) is 0 Å². The first-order valence-electron chi connectivity index (χ1n) is 8.51. The molecule has 0 amide bonds. The molecule has 0 aliphatic carbocycles. The molecule has 4 rings (SSSR count). The number of rotatable bonds is 6. The van der Waals surface area contributed by atoms with Crippen molar-refractivity contribution in [3.63, 3.8) is 0 Å². The number of aromatic nitrogens is 1. The fourth-order valence-electron chi connectivity index (χ4n) is 2.61. The molecule has 4 aromatic rings. The van der Waals surface area contributed by atoms with Crippen LogP contribution < -0.4 is 10.1 Å². The molecule has 3 nitrogen and oxygen atoms in total. The minimum Gasteiger partial charge on any atom is -0.489 e. The van der Waals surface area contributed by atoms with Gasteiger partial charge in [0.1, 0.15) is 12.4 Å². The van der Waals surface area contributed by atoms with E-state index < -0.39 is 0 Å². The van der Waals surface area contributed by atoms with Crippen LogP contribution in [0, 0.1) is 0 Å². The summed E-state index contributed by atoms with van der Waals surface area (Å²) in [6.07, 6.45) is 0. The predicted octanol–water partition coefficient (Wildman–Crippen LogP) is 6.79.